The van der Waals surface area contributed by atoms with Crippen LogP contribution in [0.5, 0.6) is 0 Å². The number of halogens is 1. The van der Waals surface area contributed by atoms with E-state index in [2.05, 4.69) is 0 Å². The highest BCUT2D eigenvalue weighted by molar-refractivity contribution is 5.84. The first-order valence-electron chi connectivity index (χ1n) is 5.29. The maximum absolute atomic E-state index is 13.1. The van der Waals surface area contributed by atoms with Crippen LogP contribution in [-0.4, -0.2) is 28.4 Å². The first-order chi connectivity index (χ1) is 8.00. The third-order valence-electron chi connectivity index (χ3n) is 2.97. The summed E-state index contributed by atoms with van der Waals surface area (Å²) in [6.07, 6.45) is 0.483. The van der Waals surface area contributed by atoms with Gasteiger partial charge in [0.05, 0.1) is 0 Å². The molecule has 90 valence electrons. The SMILES string of the molecule is CC(=O)N1CCc2cc(F)ccc2[C@@H]1C(=O)O. The van der Waals surface area contributed by atoms with Gasteiger partial charge in [0, 0.05) is 13.5 Å². The van der Waals surface area contributed by atoms with Gasteiger partial charge in [-0.05, 0) is 29.7 Å². The van der Waals surface area contributed by atoms with Crippen LogP contribution in [-0.2, 0) is 16.0 Å². The molecule has 0 bridgehead atoms. The van der Waals surface area contributed by atoms with Gasteiger partial charge >= 0.3 is 5.97 Å². The number of hydrogen-bond acceptors (Lipinski definition) is 2. The van der Waals surface area contributed by atoms with Crippen molar-refractivity contribution in [2.24, 2.45) is 0 Å². The van der Waals surface area contributed by atoms with Crippen LogP contribution in [0.1, 0.15) is 24.1 Å². The molecule has 0 fully saturated rings. The Balaban J connectivity index is 2.49. The summed E-state index contributed by atoms with van der Waals surface area (Å²) in [7, 11) is 0. The van der Waals surface area contributed by atoms with Crippen molar-refractivity contribution >= 4 is 11.9 Å². The van der Waals surface area contributed by atoms with Crippen LogP contribution in [0.4, 0.5) is 4.39 Å². The van der Waals surface area contributed by atoms with E-state index in [4.69, 9.17) is 0 Å². The monoisotopic (exact) mass is 237 g/mol. The van der Waals surface area contributed by atoms with Gasteiger partial charge in [-0.3, -0.25) is 4.79 Å². The molecule has 0 saturated heterocycles. The number of carbonyl (C=O) groups excluding carboxylic acids is 1. The summed E-state index contributed by atoms with van der Waals surface area (Å²) in [6, 6.07) is 3.00. The second-order valence-electron chi connectivity index (χ2n) is 4.05. The Morgan fingerprint density at radius 1 is 1.47 bits per heavy atom. The van der Waals surface area contributed by atoms with E-state index in [1.54, 1.807) is 0 Å². The molecule has 0 spiro atoms. The Morgan fingerprint density at radius 3 is 2.76 bits per heavy atom. The van der Waals surface area contributed by atoms with E-state index in [9.17, 15) is 19.1 Å². The summed E-state index contributed by atoms with van der Waals surface area (Å²) >= 11 is 0. The zero-order chi connectivity index (χ0) is 12.6. The quantitative estimate of drug-likeness (QED) is 0.802. The van der Waals surface area contributed by atoms with E-state index in [-0.39, 0.29) is 11.7 Å². The summed E-state index contributed by atoms with van der Waals surface area (Å²) in [4.78, 5) is 23.9. The number of fused-ring (bicyclic) bond motifs is 1. The Morgan fingerprint density at radius 2 is 2.18 bits per heavy atom. The third-order valence-corrected chi connectivity index (χ3v) is 2.97. The lowest BCUT2D eigenvalue weighted by atomic mass is 9.92. The van der Waals surface area contributed by atoms with Gasteiger partial charge in [-0.2, -0.15) is 0 Å². The highest BCUT2D eigenvalue weighted by Crippen LogP contribution is 2.30. The number of carbonyl (C=O) groups is 2. The van der Waals surface area contributed by atoms with Gasteiger partial charge in [0.1, 0.15) is 5.82 Å². The van der Waals surface area contributed by atoms with Crippen LogP contribution in [0, 0.1) is 5.82 Å². The highest BCUT2D eigenvalue weighted by Gasteiger charge is 2.34. The molecular weight excluding hydrogens is 225 g/mol. The van der Waals surface area contributed by atoms with Gasteiger partial charge < -0.3 is 10.0 Å². The molecule has 1 aliphatic heterocycles. The minimum absolute atomic E-state index is 0.285. The summed E-state index contributed by atoms with van der Waals surface area (Å²) in [6.45, 7) is 1.65. The molecule has 2 rings (SSSR count). The van der Waals surface area contributed by atoms with Crippen LogP contribution in [0.2, 0.25) is 0 Å². The minimum Gasteiger partial charge on any atom is -0.479 e. The number of nitrogens with zero attached hydrogens (tertiary/aromatic N) is 1. The number of carboxylic acids is 1. The van der Waals surface area contributed by atoms with Crippen LogP contribution in [0.3, 0.4) is 0 Å². The number of hydrogen-bond donors (Lipinski definition) is 1. The first kappa shape index (κ1) is 11.6. The zero-order valence-electron chi connectivity index (χ0n) is 9.31. The Bertz CT molecular complexity index is 487. The van der Waals surface area contributed by atoms with Crippen molar-refractivity contribution in [3.63, 3.8) is 0 Å². The van der Waals surface area contributed by atoms with Gasteiger partial charge in [-0.15, -0.1) is 0 Å². The van der Waals surface area contributed by atoms with Crippen LogP contribution >= 0.6 is 0 Å². The second-order valence-corrected chi connectivity index (χ2v) is 4.05. The Hall–Kier alpha value is -1.91. The Labute approximate surface area is 97.7 Å². The fraction of sp³-hybridized carbons (Fsp3) is 0.333. The van der Waals surface area contributed by atoms with Crippen LogP contribution < -0.4 is 0 Å². The summed E-state index contributed by atoms with van der Waals surface area (Å²) in [5, 5.41) is 9.19. The number of carboxylic acid groups (broad SMARTS) is 1. The maximum atomic E-state index is 13.1. The molecule has 0 saturated carbocycles. The van der Waals surface area contributed by atoms with E-state index in [0.29, 0.717) is 24.1 Å². The lowest BCUT2D eigenvalue weighted by molar-refractivity contribution is -0.150. The maximum Gasteiger partial charge on any atom is 0.331 e. The zero-order valence-corrected chi connectivity index (χ0v) is 9.31. The predicted molar refractivity (Wildman–Crippen MR) is 57.9 cm³/mol. The van der Waals surface area contributed by atoms with E-state index < -0.39 is 12.0 Å². The second kappa shape index (κ2) is 4.16. The van der Waals surface area contributed by atoms with Crippen LogP contribution in [0.25, 0.3) is 0 Å². The van der Waals surface area contributed by atoms with Crippen LogP contribution in [0.15, 0.2) is 18.2 Å². The normalized spacial score (nSPS) is 18.7. The smallest absolute Gasteiger partial charge is 0.331 e. The molecule has 0 unspecified atom stereocenters. The van der Waals surface area contributed by atoms with Crippen molar-refractivity contribution in [3.8, 4) is 0 Å². The lowest BCUT2D eigenvalue weighted by Gasteiger charge is -2.34. The predicted octanol–water partition coefficient (Wildman–Crippen LogP) is 1.36. The molecule has 0 radical (unpaired) electrons. The Kier molecular flexibility index (Phi) is 2.83. The molecule has 0 aliphatic carbocycles. The average molecular weight is 237 g/mol. The van der Waals surface area contributed by atoms with E-state index in [1.165, 1.54) is 30.0 Å². The van der Waals surface area contributed by atoms with E-state index in [1.807, 2.05) is 0 Å². The molecule has 1 heterocycles. The third kappa shape index (κ3) is 2.00. The number of rotatable bonds is 1. The minimum atomic E-state index is -1.09. The molecule has 5 heteroatoms. The van der Waals surface area contributed by atoms with Crippen molar-refractivity contribution in [1.29, 1.82) is 0 Å². The van der Waals surface area contributed by atoms with Crippen molar-refractivity contribution < 1.29 is 19.1 Å². The molecule has 17 heavy (non-hydrogen) atoms. The van der Waals surface area contributed by atoms with E-state index in [0.717, 1.165) is 0 Å². The standard InChI is InChI=1S/C12H12FNO3/c1-7(15)14-5-4-8-6-9(13)2-3-10(8)11(14)12(16)17/h2-3,6,11H,4-5H2,1H3,(H,16,17)/t11-/m1/s1. The van der Waals surface area contributed by atoms with Gasteiger partial charge in [0.2, 0.25) is 5.91 Å². The molecule has 1 N–H and O–H groups in total. The molecule has 1 atom stereocenters. The van der Waals surface area contributed by atoms with Crippen molar-refractivity contribution in [2.75, 3.05) is 6.54 Å². The molecule has 1 amide bonds. The first-order valence-corrected chi connectivity index (χ1v) is 5.29. The molecule has 1 aromatic carbocycles. The molecule has 4 nitrogen and oxygen atoms in total. The summed E-state index contributed by atoms with van der Waals surface area (Å²) in [5.74, 6) is -1.76. The number of amides is 1. The summed E-state index contributed by atoms with van der Waals surface area (Å²) in [5.41, 5.74) is 1.16. The average Bonchev–Trinajstić information content (AvgIpc) is 2.26. The summed E-state index contributed by atoms with van der Waals surface area (Å²) < 4.78 is 13.1. The van der Waals surface area contributed by atoms with Gasteiger partial charge in [0.25, 0.3) is 0 Å². The van der Waals surface area contributed by atoms with Crippen molar-refractivity contribution in [2.45, 2.75) is 19.4 Å². The van der Waals surface area contributed by atoms with Crippen molar-refractivity contribution in [3.05, 3.63) is 35.1 Å². The fourth-order valence-corrected chi connectivity index (χ4v) is 2.20. The fourth-order valence-electron chi connectivity index (χ4n) is 2.20. The van der Waals surface area contributed by atoms with E-state index >= 15 is 0 Å². The molecule has 0 aromatic heterocycles. The largest absolute Gasteiger partial charge is 0.479 e. The topological polar surface area (TPSA) is 57.6 Å². The van der Waals surface area contributed by atoms with Gasteiger partial charge in [0.15, 0.2) is 6.04 Å². The lowest BCUT2D eigenvalue weighted by Crippen LogP contribution is -2.42. The highest BCUT2D eigenvalue weighted by atomic mass is 19.1. The van der Waals surface area contributed by atoms with Gasteiger partial charge in [-0.25, -0.2) is 9.18 Å². The molecule has 1 aliphatic rings. The van der Waals surface area contributed by atoms with Crippen molar-refractivity contribution in [1.82, 2.24) is 4.90 Å². The number of aliphatic carboxylic acids is 1. The van der Waals surface area contributed by atoms with Gasteiger partial charge in [-0.1, -0.05) is 6.07 Å². The molecular formula is C12H12FNO3. The number of benzene rings is 1. The molecule has 1 aromatic rings.